The number of aryl methyl sites for hydroxylation is 1. The van der Waals surface area contributed by atoms with Crippen LogP contribution in [-0.4, -0.2) is 43.3 Å². The lowest BCUT2D eigenvalue weighted by Gasteiger charge is -2.30. The highest BCUT2D eigenvalue weighted by atomic mass is 32.1. The number of fused-ring (bicyclic) bond motifs is 1. The van der Waals surface area contributed by atoms with E-state index in [1.165, 1.54) is 24.1 Å². The Bertz CT molecular complexity index is 946. The third-order valence-electron chi connectivity index (χ3n) is 6.59. The van der Waals surface area contributed by atoms with E-state index in [-0.39, 0.29) is 11.7 Å². The van der Waals surface area contributed by atoms with Crippen molar-refractivity contribution in [3.63, 3.8) is 0 Å². The molecule has 1 amide bonds. The highest BCUT2D eigenvalue weighted by Crippen LogP contribution is 2.40. The van der Waals surface area contributed by atoms with Gasteiger partial charge in [0.2, 0.25) is 5.91 Å². The standard InChI is InChI=1S/C25H32N2O3S/c1-27(17-10-4-3-5-11-17)16-22(28)26-25-23(19-13-7-9-15-21(19)31-25)24(29)18-12-6-8-14-20(18)30-2/h6,8,12,14,17H,3-5,7,9-11,13,15-16H2,1-2H3,(H,26,28). The average molecular weight is 441 g/mol. The third kappa shape index (κ3) is 4.85. The Kier molecular flexibility index (Phi) is 7.08. The van der Waals surface area contributed by atoms with E-state index >= 15 is 0 Å². The van der Waals surface area contributed by atoms with Gasteiger partial charge in [-0.15, -0.1) is 11.3 Å². The Hall–Kier alpha value is -2.18. The molecule has 1 N–H and O–H groups in total. The van der Waals surface area contributed by atoms with Gasteiger partial charge in [0.1, 0.15) is 10.8 Å². The molecule has 1 aromatic carbocycles. The average Bonchev–Trinajstić information content (AvgIpc) is 3.16. The van der Waals surface area contributed by atoms with Gasteiger partial charge in [0, 0.05) is 10.9 Å². The quantitative estimate of drug-likeness (QED) is 0.611. The first-order chi connectivity index (χ1) is 15.1. The summed E-state index contributed by atoms with van der Waals surface area (Å²) in [5, 5.41) is 3.80. The molecule has 6 heteroatoms. The molecule has 0 radical (unpaired) electrons. The largest absolute Gasteiger partial charge is 0.496 e. The summed E-state index contributed by atoms with van der Waals surface area (Å²) in [6.45, 7) is 0.357. The number of methoxy groups -OCH3 is 1. The van der Waals surface area contributed by atoms with Gasteiger partial charge >= 0.3 is 0 Å². The summed E-state index contributed by atoms with van der Waals surface area (Å²) in [5.74, 6) is 0.464. The Labute approximate surface area is 188 Å². The lowest BCUT2D eigenvalue weighted by atomic mass is 9.91. The number of ketones is 1. The first-order valence-corrected chi connectivity index (χ1v) is 12.2. The first-order valence-electron chi connectivity index (χ1n) is 11.4. The van der Waals surface area contributed by atoms with Gasteiger partial charge in [0.15, 0.2) is 5.78 Å². The second-order valence-electron chi connectivity index (χ2n) is 8.70. The number of hydrogen-bond acceptors (Lipinski definition) is 5. The predicted molar refractivity (Wildman–Crippen MR) is 126 cm³/mol. The molecule has 4 rings (SSSR count). The number of amides is 1. The summed E-state index contributed by atoms with van der Waals surface area (Å²) in [7, 11) is 3.62. The normalized spacial score (nSPS) is 16.7. The van der Waals surface area contributed by atoms with Crippen LogP contribution in [0.4, 0.5) is 5.00 Å². The molecule has 0 atom stereocenters. The fourth-order valence-electron chi connectivity index (χ4n) is 4.90. The zero-order valence-corrected chi connectivity index (χ0v) is 19.4. The maximum Gasteiger partial charge on any atom is 0.239 e. The van der Waals surface area contributed by atoms with Crippen molar-refractivity contribution < 1.29 is 14.3 Å². The smallest absolute Gasteiger partial charge is 0.239 e. The minimum absolute atomic E-state index is 0.0410. The second kappa shape index (κ2) is 9.96. The minimum Gasteiger partial charge on any atom is -0.496 e. The van der Waals surface area contributed by atoms with Crippen molar-refractivity contribution in [1.82, 2.24) is 4.90 Å². The number of carbonyl (C=O) groups is 2. The van der Waals surface area contributed by atoms with Crippen molar-refractivity contribution in [3.8, 4) is 5.75 Å². The van der Waals surface area contributed by atoms with Crippen LogP contribution in [0.15, 0.2) is 24.3 Å². The minimum atomic E-state index is -0.0622. The number of rotatable bonds is 7. The molecule has 0 saturated heterocycles. The molecule has 0 unspecified atom stereocenters. The van der Waals surface area contributed by atoms with E-state index in [4.69, 9.17) is 4.74 Å². The van der Waals surface area contributed by atoms with E-state index in [0.29, 0.717) is 34.5 Å². The fraction of sp³-hybridized carbons (Fsp3) is 0.520. The number of hydrogen-bond donors (Lipinski definition) is 1. The number of benzene rings is 1. The second-order valence-corrected chi connectivity index (χ2v) is 9.80. The molecule has 0 bridgehead atoms. The Morgan fingerprint density at radius 2 is 1.84 bits per heavy atom. The van der Waals surface area contributed by atoms with Gasteiger partial charge in [-0.05, 0) is 63.3 Å². The SMILES string of the molecule is COc1ccccc1C(=O)c1c(NC(=O)CN(C)C2CCCCC2)sc2c1CCCC2. The van der Waals surface area contributed by atoms with Crippen molar-refractivity contribution in [3.05, 3.63) is 45.8 Å². The lowest BCUT2D eigenvalue weighted by molar-refractivity contribution is -0.117. The van der Waals surface area contributed by atoms with E-state index < -0.39 is 0 Å². The van der Waals surface area contributed by atoms with Crippen LogP contribution in [0.1, 0.15) is 71.3 Å². The Balaban J connectivity index is 1.58. The maximum absolute atomic E-state index is 13.6. The monoisotopic (exact) mass is 440 g/mol. The zero-order valence-electron chi connectivity index (χ0n) is 18.5. The molecule has 2 aliphatic rings. The van der Waals surface area contributed by atoms with Crippen LogP contribution < -0.4 is 10.1 Å². The Morgan fingerprint density at radius 3 is 2.61 bits per heavy atom. The number of para-hydroxylation sites is 1. The van der Waals surface area contributed by atoms with Crippen LogP contribution in [0.2, 0.25) is 0 Å². The van der Waals surface area contributed by atoms with Crippen molar-refractivity contribution >= 4 is 28.0 Å². The van der Waals surface area contributed by atoms with Crippen LogP contribution in [0, 0.1) is 0 Å². The van der Waals surface area contributed by atoms with Gasteiger partial charge in [-0.2, -0.15) is 0 Å². The molecule has 1 saturated carbocycles. The summed E-state index contributed by atoms with van der Waals surface area (Å²) < 4.78 is 5.44. The molecule has 1 heterocycles. The van der Waals surface area contributed by atoms with Gasteiger partial charge in [0.25, 0.3) is 0 Å². The molecule has 2 aromatic rings. The van der Waals surface area contributed by atoms with Gasteiger partial charge in [-0.1, -0.05) is 31.4 Å². The molecule has 5 nitrogen and oxygen atoms in total. The van der Waals surface area contributed by atoms with Crippen molar-refractivity contribution in [2.24, 2.45) is 0 Å². The third-order valence-corrected chi connectivity index (χ3v) is 7.80. The van der Waals surface area contributed by atoms with Gasteiger partial charge < -0.3 is 10.1 Å². The summed E-state index contributed by atoms with van der Waals surface area (Å²) in [4.78, 5) is 29.9. The zero-order chi connectivity index (χ0) is 21.8. The Morgan fingerprint density at radius 1 is 1.10 bits per heavy atom. The number of anilines is 1. The van der Waals surface area contributed by atoms with E-state index in [1.54, 1.807) is 24.5 Å². The van der Waals surface area contributed by atoms with E-state index in [2.05, 4.69) is 10.2 Å². The molecule has 2 aliphatic carbocycles. The molecule has 1 aromatic heterocycles. The number of carbonyl (C=O) groups excluding carboxylic acids is 2. The molecule has 31 heavy (non-hydrogen) atoms. The number of ether oxygens (including phenoxy) is 1. The van der Waals surface area contributed by atoms with Gasteiger partial charge in [0.05, 0.1) is 24.8 Å². The molecular weight excluding hydrogens is 408 g/mol. The summed E-state index contributed by atoms with van der Waals surface area (Å²) in [6.07, 6.45) is 10.2. The predicted octanol–water partition coefficient (Wildman–Crippen LogP) is 5.07. The van der Waals surface area contributed by atoms with E-state index in [1.807, 2.05) is 25.2 Å². The highest BCUT2D eigenvalue weighted by molar-refractivity contribution is 7.17. The van der Waals surface area contributed by atoms with E-state index in [9.17, 15) is 9.59 Å². The lowest BCUT2D eigenvalue weighted by Crippen LogP contribution is -2.39. The summed E-state index contributed by atoms with van der Waals surface area (Å²) in [6, 6.07) is 7.81. The summed E-state index contributed by atoms with van der Waals surface area (Å²) in [5.41, 5.74) is 2.33. The van der Waals surface area contributed by atoms with Crippen LogP contribution in [-0.2, 0) is 17.6 Å². The number of thiophene rings is 1. The highest BCUT2D eigenvalue weighted by Gasteiger charge is 2.29. The van der Waals surface area contributed by atoms with Crippen LogP contribution in [0.25, 0.3) is 0 Å². The van der Waals surface area contributed by atoms with Gasteiger partial charge in [-0.3, -0.25) is 14.5 Å². The molecule has 1 fully saturated rings. The number of nitrogens with zero attached hydrogens (tertiary/aromatic N) is 1. The van der Waals surface area contributed by atoms with Crippen molar-refractivity contribution in [2.75, 3.05) is 26.0 Å². The van der Waals surface area contributed by atoms with Crippen molar-refractivity contribution in [1.29, 1.82) is 0 Å². The summed E-state index contributed by atoms with van der Waals surface area (Å²) >= 11 is 1.58. The van der Waals surface area contributed by atoms with E-state index in [0.717, 1.165) is 44.1 Å². The van der Waals surface area contributed by atoms with Crippen LogP contribution in [0.5, 0.6) is 5.75 Å². The maximum atomic E-state index is 13.6. The molecule has 0 spiro atoms. The molecular formula is C25H32N2O3S. The first kappa shape index (κ1) is 22.0. The van der Waals surface area contributed by atoms with Crippen LogP contribution >= 0.6 is 11.3 Å². The number of nitrogens with one attached hydrogen (secondary N) is 1. The molecule has 0 aliphatic heterocycles. The van der Waals surface area contributed by atoms with Crippen molar-refractivity contribution in [2.45, 2.75) is 63.8 Å². The van der Waals surface area contributed by atoms with Crippen LogP contribution in [0.3, 0.4) is 0 Å². The topological polar surface area (TPSA) is 58.6 Å². The van der Waals surface area contributed by atoms with Gasteiger partial charge in [-0.25, -0.2) is 0 Å². The fourth-order valence-corrected chi connectivity index (χ4v) is 6.21. The molecule has 166 valence electrons. The number of likely N-dealkylation sites (N-methyl/N-ethyl adjacent to an activating group) is 1.